The van der Waals surface area contributed by atoms with Crippen LogP contribution in [0.25, 0.3) is 12.2 Å². The van der Waals surface area contributed by atoms with Crippen LogP contribution >= 0.6 is 0 Å². The van der Waals surface area contributed by atoms with Crippen LogP contribution in [-0.4, -0.2) is 71.5 Å². The first-order chi connectivity index (χ1) is 23.4. The summed E-state index contributed by atoms with van der Waals surface area (Å²) in [6.45, 7) is 0. The van der Waals surface area contributed by atoms with Crippen LogP contribution in [0.4, 0.5) is 0 Å². The van der Waals surface area contributed by atoms with E-state index in [9.17, 15) is 28.8 Å². The van der Waals surface area contributed by atoms with Gasteiger partial charge >= 0.3 is 0 Å². The second-order valence-corrected chi connectivity index (χ2v) is 12.7. The van der Waals surface area contributed by atoms with Crippen LogP contribution in [0.3, 0.4) is 0 Å². The average Bonchev–Trinajstić information content (AvgIpc) is 3.08. The smallest absolute Gasteiger partial charge is 0.171 e. The number of ether oxygens (including phenoxy) is 6. The van der Waals surface area contributed by atoms with Crippen LogP contribution in [0.1, 0.15) is 32.8 Å². The summed E-state index contributed by atoms with van der Waals surface area (Å²) < 4.78 is 62.2. The molecule has 0 saturated heterocycles. The number of benzene rings is 4. The zero-order valence-corrected chi connectivity index (χ0v) is 28.5. The summed E-state index contributed by atoms with van der Waals surface area (Å²) in [5.74, 6) is 0.286. The Morgan fingerprint density at radius 2 is 0.796 bits per heavy atom. The molecule has 4 N–H and O–H groups in total. The molecule has 0 spiro atoms. The minimum Gasteiger partial charge on any atom is -0.508 e. The largest absolute Gasteiger partial charge is 0.508 e. The van der Waals surface area contributed by atoms with E-state index in [4.69, 9.17) is 28.4 Å². The van der Waals surface area contributed by atoms with Crippen molar-refractivity contribution in [3.8, 4) is 57.5 Å². The van der Waals surface area contributed by atoms with Gasteiger partial charge in [-0.1, -0.05) is 24.3 Å². The van der Waals surface area contributed by atoms with Crippen LogP contribution in [0.2, 0.25) is 0 Å². The van der Waals surface area contributed by atoms with Crippen molar-refractivity contribution >= 4 is 22.0 Å². The van der Waals surface area contributed by atoms with Gasteiger partial charge in [0.15, 0.2) is 32.8 Å². The zero-order chi connectivity index (χ0) is 35.9. The van der Waals surface area contributed by atoms with Crippen molar-refractivity contribution in [2.24, 2.45) is 0 Å². The Morgan fingerprint density at radius 3 is 1.06 bits per heavy atom. The summed E-state index contributed by atoms with van der Waals surface area (Å²) in [6.07, 6.45) is 5.78. The first kappa shape index (κ1) is 36.2. The fourth-order valence-corrected chi connectivity index (χ4v) is 7.26. The number of hydrogen-bond acceptors (Lipinski definition) is 12. The molecule has 0 aliphatic heterocycles. The minimum atomic E-state index is -4.42. The summed E-state index contributed by atoms with van der Waals surface area (Å²) in [5, 5.41) is 38.9. The lowest BCUT2D eigenvalue weighted by Gasteiger charge is -2.23. The van der Waals surface area contributed by atoms with Gasteiger partial charge in [-0.15, -0.1) is 0 Å². The maximum atomic E-state index is 15.0. The van der Waals surface area contributed by atoms with E-state index in [-0.39, 0.29) is 68.6 Å². The Hall–Kier alpha value is -5.69. The Kier molecular flexibility index (Phi) is 11.4. The van der Waals surface area contributed by atoms with Crippen LogP contribution < -0.4 is 28.4 Å². The highest BCUT2D eigenvalue weighted by atomic mass is 32.2. The predicted octanol–water partition coefficient (Wildman–Crippen LogP) is 6.18. The molecular weight excluding hydrogens is 656 g/mol. The first-order valence-electron chi connectivity index (χ1n) is 14.6. The van der Waals surface area contributed by atoms with Gasteiger partial charge in [0.05, 0.1) is 53.8 Å². The lowest BCUT2D eigenvalue weighted by Crippen LogP contribution is -2.19. The minimum absolute atomic E-state index is 0.125. The lowest BCUT2D eigenvalue weighted by molar-refractivity contribution is 0.373. The molecule has 0 radical (unpaired) electrons. The SMILES string of the molecule is COc1ccc(C(C=Cc2c(OC)cc(O)cc2OC)S(=O)(=O)C(C=Cc2c(OC)cc(O)cc2OC)c2ccc(OC)c(O)c2)cc1O. The van der Waals surface area contributed by atoms with E-state index >= 15 is 0 Å². The van der Waals surface area contributed by atoms with E-state index in [0.717, 1.165) is 0 Å². The summed E-state index contributed by atoms with van der Waals surface area (Å²) in [7, 11) is 3.90. The van der Waals surface area contributed by atoms with Gasteiger partial charge in [0.1, 0.15) is 45.0 Å². The van der Waals surface area contributed by atoms with Crippen LogP contribution in [0, 0.1) is 0 Å². The molecule has 4 aromatic rings. The molecular formula is C36H38O12S. The molecule has 0 fully saturated rings. The van der Waals surface area contributed by atoms with E-state index in [1.807, 2.05) is 0 Å². The summed E-state index contributed by atoms with van der Waals surface area (Å²) in [5.41, 5.74) is 1.05. The molecule has 0 saturated carbocycles. The van der Waals surface area contributed by atoms with Crippen molar-refractivity contribution in [1.82, 2.24) is 0 Å². The van der Waals surface area contributed by atoms with Gasteiger partial charge < -0.3 is 48.8 Å². The first-order valence-corrected chi connectivity index (χ1v) is 16.3. The molecule has 0 bridgehead atoms. The second-order valence-electron chi connectivity index (χ2n) is 10.5. The third-order valence-electron chi connectivity index (χ3n) is 7.70. The molecule has 2 atom stereocenters. The van der Waals surface area contributed by atoms with E-state index in [2.05, 4.69) is 0 Å². The molecule has 0 heterocycles. The standard InChI is InChI=1S/C36H38O12S/c1-43-29-11-7-21(15-27(29)39)35(13-9-25-31(45-3)17-23(37)18-32(25)46-4)49(41,42)36(22-8-12-30(44-2)28(40)16-22)14-10-26-33(47-5)19-24(38)20-34(26)48-6/h7-20,35-40H,1-6H3. The van der Waals surface area contributed by atoms with Gasteiger partial charge in [0.2, 0.25) is 0 Å². The van der Waals surface area contributed by atoms with Gasteiger partial charge in [-0.05, 0) is 47.5 Å². The fraction of sp³-hybridized carbons (Fsp3) is 0.222. The third kappa shape index (κ3) is 7.73. The van der Waals surface area contributed by atoms with E-state index in [0.29, 0.717) is 11.1 Å². The van der Waals surface area contributed by atoms with Crippen molar-refractivity contribution in [2.75, 3.05) is 42.7 Å². The van der Waals surface area contributed by atoms with Gasteiger partial charge in [0.25, 0.3) is 0 Å². The quantitative estimate of drug-likeness (QED) is 0.118. The van der Waals surface area contributed by atoms with E-state index < -0.39 is 20.3 Å². The zero-order valence-electron chi connectivity index (χ0n) is 27.7. The lowest BCUT2D eigenvalue weighted by atomic mass is 10.1. The van der Waals surface area contributed by atoms with Crippen molar-refractivity contribution in [1.29, 1.82) is 0 Å². The number of rotatable bonds is 14. The van der Waals surface area contributed by atoms with Gasteiger partial charge in [-0.3, -0.25) is 0 Å². The Bertz CT molecular complexity index is 1780. The second kappa shape index (κ2) is 15.5. The van der Waals surface area contributed by atoms with Crippen LogP contribution in [0.5, 0.6) is 57.5 Å². The molecule has 260 valence electrons. The highest BCUT2D eigenvalue weighted by Gasteiger charge is 2.35. The summed E-state index contributed by atoms with van der Waals surface area (Å²) in [6, 6.07) is 13.9. The van der Waals surface area contributed by atoms with Crippen molar-refractivity contribution in [2.45, 2.75) is 10.5 Å². The molecule has 0 aliphatic rings. The number of phenolic OH excluding ortho intramolecular Hbond substituents is 4. The average molecular weight is 695 g/mol. The Balaban J connectivity index is 2.00. The van der Waals surface area contributed by atoms with Crippen LogP contribution in [0.15, 0.2) is 72.8 Å². The highest BCUT2D eigenvalue weighted by Crippen LogP contribution is 2.44. The third-order valence-corrected chi connectivity index (χ3v) is 9.98. The topological polar surface area (TPSA) is 170 Å². The molecule has 0 aromatic heterocycles. The maximum Gasteiger partial charge on any atom is 0.171 e. The molecule has 2 unspecified atom stereocenters. The molecule has 13 heteroatoms. The van der Waals surface area contributed by atoms with Gasteiger partial charge in [-0.2, -0.15) is 0 Å². The van der Waals surface area contributed by atoms with Gasteiger partial charge in [-0.25, -0.2) is 8.42 Å². The monoisotopic (exact) mass is 694 g/mol. The Labute approximate surface area is 284 Å². The van der Waals surface area contributed by atoms with Crippen molar-refractivity contribution in [3.63, 3.8) is 0 Å². The number of hydrogen-bond donors (Lipinski definition) is 4. The highest BCUT2D eigenvalue weighted by molar-refractivity contribution is 7.92. The molecule has 12 nitrogen and oxygen atoms in total. The number of sulfone groups is 1. The molecule has 0 amide bonds. The van der Waals surface area contributed by atoms with Crippen molar-refractivity contribution < 1.29 is 57.3 Å². The van der Waals surface area contributed by atoms with E-state index in [1.54, 1.807) is 0 Å². The van der Waals surface area contributed by atoms with Crippen molar-refractivity contribution in [3.05, 3.63) is 95.1 Å². The number of aromatic hydroxyl groups is 4. The summed E-state index contributed by atoms with van der Waals surface area (Å²) in [4.78, 5) is 0. The van der Waals surface area contributed by atoms with Crippen LogP contribution in [-0.2, 0) is 9.84 Å². The van der Waals surface area contributed by atoms with Gasteiger partial charge in [0, 0.05) is 24.3 Å². The maximum absolute atomic E-state index is 15.0. The molecule has 4 rings (SSSR count). The summed E-state index contributed by atoms with van der Waals surface area (Å²) >= 11 is 0. The fourth-order valence-electron chi connectivity index (χ4n) is 5.29. The predicted molar refractivity (Wildman–Crippen MR) is 184 cm³/mol. The number of phenols is 4. The normalized spacial score (nSPS) is 12.9. The molecule has 0 aliphatic carbocycles. The molecule has 49 heavy (non-hydrogen) atoms. The Morgan fingerprint density at radius 1 is 0.490 bits per heavy atom. The molecule has 4 aromatic carbocycles. The number of methoxy groups -OCH3 is 6. The van der Waals surface area contributed by atoms with E-state index in [1.165, 1.54) is 128 Å².